The van der Waals surface area contributed by atoms with Crippen LogP contribution >= 0.6 is 0 Å². The van der Waals surface area contributed by atoms with Crippen LogP contribution in [0.2, 0.25) is 0 Å². The highest BCUT2D eigenvalue weighted by Gasteiger charge is 2.39. The smallest absolute Gasteiger partial charge is 0.464 e. The lowest BCUT2D eigenvalue weighted by Crippen LogP contribution is -2.51. The average molecular weight is 276 g/mol. The van der Waals surface area contributed by atoms with E-state index < -0.39 is 17.1 Å². The van der Waals surface area contributed by atoms with Gasteiger partial charge < -0.3 is 9.44 Å². The lowest BCUT2D eigenvalue weighted by atomic mass is 9.74. The van der Waals surface area contributed by atoms with E-state index in [-0.39, 0.29) is 4.90 Å². The summed E-state index contributed by atoms with van der Waals surface area (Å²) in [6.45, 7) is 0. The molecule has 0 saturated heterocycles. The number of hydrazone groups is 1. The molecule has 2 aromatic rings. The van der Waals surface area contributed by atoms with Gasteiger partial charge in [-0.1, -0.05) is 18.2 Å². The van der Waals surface area contributed by atoms with Gasteiger partial charge >= 0.3 is 7.05 Å². The van der Waals surface area contributed by atoms with Crippen molar-refractivity contribution in [2.45, 2.75) is 4.90 Å². The minimum atomic E-state index is -3.89. The Kier molecular flexibility index (Phi) is 2.69. The predicted octanol–water partition coefficient (Wildman–Crippen LogP) is 0.00550. The maximum Gasteiger partial charge on any atom is 0.487 e. The SMILES string of the molecule is O=S(=O)(c1ccccc1)N1N=Cc2occc2B1O. The fourth-order valence-electron chi connectivity index (χ4n) is 1.83. The monoisotopic (exact) mass is 276 g/mol. The summed E-state index contributed by atoms with van der Waals surface area (Å²) in [5.41, 5.74) is 0.370. The fourth-order valence-corrected chi connectivity index (χ4v) is 3.10. The van der Waals surface area contributed by atoms with Crippen LogP contribution in [0.25, 0.3) is 0 Å². The third-order valence-electron chi connectivity index (χ3n) is 2.79. The topological polar surface area (TPSA) is 83.1 Å². The Morgan fingerprint density at radius 3 is 2.68 bits per heavy atom. The van der Waals surface area contributed by atoms with Gasteiger partial charge in [0.2, 0.25) is 0 Å². The Morgan fingerprint density at radius 2 is 1.95 bits per heavy atom. The Hall–Kier alpha value is -2.06. The van der Waals surface area contributed by atoms with Gasteiger partial charge in [0, 0.05) is 5.46 Å². The molecule has 6 nitrogen and oxygen atoms in total. The Labute approximate surface area is 110 Å². The molecule has 0 radical (unpaired) electrons. The summed E-state index contributed by atoms with van der Waals surface area (Å²) in [5, 5.41) is 13.8. The van der Waals surface area contributed by atoms with Crippen LogP contribution in [-0.4, -0.2) is 31.0 Å². The van der Waals surface area contributed by atoms with Crippen molar-refractivity contribution < 1.29 is 17.9 Å². The molecule has 1 aliphatic heterocycles. The van der Waals surface area contributed by atoms with E-state index in [0.717, 1.165) is 0 Å². The summed E-state index contributed by atoms with van der Waals surface area (Å²) < 4.78 is 30.4. The second-order valence-electron chi connectivity index (χ2n) is 3.95. The van der Waals surface area contributed by atoms with E-state index in [1.807, 2.05) is 0 Å². The van der Waals surface area contributed by atoms with Crippen LogP contribution < -0.4 is 5.46 Å². The number of furan rings is 1. The molecule has 8 heteroatoms. The van der Waals surface area contributed by atoms with E-state index in [1.54, 1.807) is 18.2 Å². The van der Waals surface area contributed by atoms with Crippen LogP contribution in [0.15, 0.2) is 57.1 Å². The summed E-state index contributed by atoms with van der Waals surface area (Å²) in [7, 11) is -5.27. The maximum atomic E-state index is 12.4. The third-order valence-corrected chi connectivity index (χ3v) is 4.45. The first-order chi connectivity index (χ1) is 9.10. The molecular formula is C11H9BN2O4S. The first-order valence-electron chi connectivity index (χ1n) is 5.49. The summed E-state index contributed by atoms with van der Waals surface area (Å²) in [6.07, 6.45) is 2.64. The number of benzene rings is 1. The zero-order chi connectivity index (χ0) is 13.5. The Morgan fingerprint density at radius 1 is 1.21 bits per heavy atom. The van der Waals surface area contributed by atoms with Crippen LogP contribution in [0.3, 0.4) is 0 Å². The molecule has 1 N–H and O–H groups in total. The number of nitrogens with zero attached hydrogens (tertiary/aromatic N) is 2. The second-order valence-corrected chi connectivity index (χ2v) is 5.74. The molecule has 0 aliphatic carbocycles. The van der Waals surface area contributed by atoms with Crippen LogP contribution in [0.1, 0.15) is 5.76 Å². The highest BCUT2D eigenvalue weighted by molar-refractivity contribution is 7.90. The van der Waals surface area contributed by atoms with Crippen LogP contribution in [0.4, 0.5) is 0 Å². The van der Waals surface area contributed by atoms with Crippen molar-refractivity contribution in [3.8, 4) is 0 Å². The Bertz CT molecular complexity index is 726. The van der Waals surface area contributed by atoms with Crippen molar-refractivity contribution in [1.82, 2.24) is 4.33 Å². The highest BCUT2D eigenvalue weighted by Crippen LogP contribution is 2.18. The van der Waals surface area contributed by atoms with E-state index in [1.165, 1.54) is 30.7 Å². The van der Waals surface area contributed by atoms with Gasteiger partial charge in [-0.15, -0.1) is 0 Å². The lowest BCUT2D eigenvalue weighted by molar-refractivity contribution is 0.471. The summed E-state index contributed by atoms with van der Waals surface area (Å²) in [6, 6.07) is 9.33. The fraction of sp³-hybridized carbons (Fsp3) is 0. The molecule has 0 amide bonds. The van der Waals surface area contributed by atoms with Gasteiger partial charge in [-0.3, -0.25) is 0 Å². The molecular weight excluding hydrogens is 267 g/mol. The van der Waals surface area contributed by atoms with E-state index in [2.05, 4.69) is 5.10 Å². The number of fused-ring (bicyclic) bond motifs is 1. The number of hydrogen-bond donors (Lipinski definition) is 1. The van der Waals surface area contributed by atoms with Gasteiger partial charge in [-0.2, -0.15) is 9.43 Å². The summed E-state index contributed by atoms with van der Waals surface area (Å²) in [5.74, 6) is 0.354. The van der Waals surface area contributed by atoms with Crippen molar-refractivity contribution in [3.63, 3.8) is 0 Å². The number of rotatable bonds is 2. The molecule has 1 aromatic carbocycles. The minimum Gasteiger partial charge on any atom is -0.464 e. The first-order valence-corrected chi connectivity index (χ1v) is 6.93. The molecule has 0 atom stereocenters. The lowest BCUT2D eigenvalue weighted by Gasteiger charge is -2.23. The quantitative estimate of drug-likeness (QED) is 0.783. The average Bonchev–Trinajstić information content (AvgIpc) is 2.89. The van der Waals surface area contributed by atoms with E-state index in [9.17, 15) is 13.4 Å². The van der Waals surface area contributed by atoms with Gasteiger partial charge in [0.1, 0.15) is 5.76 Å². The van der Waals surface area contributed by atoms with Crippen LogP contribution in [-0.2, 0) is 10.0 Å². The van der Waals surface area contributed by atoms with Crippen LogP contribution in [0, 0.1) is 0 Å². The van der Waals surface area contributed by atoms with Crippen molar-refractivity contribution in [2.24, 2.45) is 5.10 Å². The maximum absolute atomic E-state index is 12.4. The van der Waals surface area contributed by atoms with Crippen molar-refractivity contribution in [3.05, 3.63) is 48.4 Å². The molecule has 1 aliphatic rings. The van der Waals surface area contributed by atoms with Gasteiger partial charge in [0.25, 0.3) is 10.0 Å². The van der Waals surface area contributed by atoms with E-state index in [0.29, 0.717) is 15.5 Å². The molecule has 3 rings (SSSR count). The first kappa shape index (κ1) is 12.0. The standard InChI is InChI=1S/C11H9BN2O4S/c15-12-10-6-7-18-11(10)8-13-14(12)19(16,17)9-4-2-1-3-5-9/h1-8,15H. The summed E-state index contributed by atoms with van der Waals surface area (Å²) in [4.78, 5) is 0.0677. The Balaban J connectivity index is 2.05. The van der Waals surface area contributed by atoms with Crippen molar-refractivity contribution in [2.75, 3.05) is 0 Å². The number of hydrogen-bond acceptors (Lipinski definition) is 5. The normalized spacial score (nSPS) is 14.6. The number of sulfonamides is 1. The van der Waals surface area contributed by atoms with Gasteiger partial charge in [0.05, 0.1) is 17.4 Å². The molecule has 1 aromatic heterocycles. The summed E-state index contributed by atoms with van der Waals surface area (Å²) >= 11 is 0. The van der Waals surface area contributed by atoms with E-state index >= 15 is 0 Å². The molecule has 19 heavy (non-hydrogen) atoms. The molecule has 0 fully saturated rings. The second kappa shape index (κ2) is 4.25. The van der Waals surface area contributed by atoms with Gasteiger partial charge in [-0.05, 0) is 18.2 Å². The van der Waals surface area contributed by atoms with Crippen molar-refractivity contribution >= 4 is 28.8 Å². The molecule has 0 unspecified atom stereocenters. The van der Waals surface area contributed by atoms with Gasteiger partial charge in [0.15, 0.2) is 0 Å². The highest BCUT2D eigenvalue weighted by atomic mass is 32.2. The van der Waals surface area contributed by atoms with Crippen LogP contribution in [0.5, 0.6) is 0 Å². The predicted molar refractivity (Wildman–Crippen MR) is 69.4 cm³/mol. The zero-order valence-corrected chi connectivity index (χ0v) is 10.5. The van der Waals surface area contributed by atoms with E-state index in [4.69, 9.17) is 4.42 Å². The molecule has 0 bridgehead atoms. The third kappa shape index (κ3) is 1.85. The molecule has 0 spiro atoms. The minimum absolute atomic E-state index is 0.0677. The zero-order valence-electron chi connectivity index (χ0n) is 9.67. The van der Waals surface area contributed by atoms with Crippen molar-refractivity contribution in [1.29, 1.82) is 0 Å². The molecule has 0 saturated carbocycles. The van der Waals surface area contributed by atoms with Gasteiger partial charge in [-0.25, -0.2) is 8.42 Å². The largest absolute Gasteiger partial charge is 0.487 e. The molecule has 96 valence electrons. The molecule has 2 heterocycles.